The van der Waals surface area contributed by atoms with Crippen LogP contribution in [0.5, 0.6) is 0 Å². The molecule has 8 heteroatoms. The maximum Gasteiger partial charge on any atom is 0.264 e. The van der Waals surface area contributed by atoms with Crippen LogP contribution in [0.2, 0.25) is 0 Å². The third-order valence-corrected chi connectivity index (χ3v) is 5.07. The number of rotatable bonds is 3. The zero-order valence-corrected chi connectivity index (χ0v) is 14.7. The van der Waals surface area contributed by atoms with Crippen molar-refractivity contribution in [1.82, 2.24) is 24.9 Å². The van der Waals surface area contributed by atoms with E-state index in [2.05, 4.69) is 20.2 Å². The summed E-state index contributed by atoms with van der Waals surface area (Å²) >= 11 is 1.49. The highest BCUT2D eigenvalue weighted by atomic mass is 32.1. The van der Waals surface area contributed by atoms with Gasteiger partial charge in [-0.05, 0) is 36.6 Å². The van der Waals surface area contributed by atoms with Crippen LogP contribution >= 0.6 is 11.3 Å². The van der Waals surface area contributed by atoms with Crippen molar-refractivity contribution in [3.05, 3.63) is 52.5 Å². The fourth-order valence-corrected chi connectivity index (χ4v) is 3.54. The van der Waals surface area contributed by atoms with E-state index in [1.165, 1.54) is 11.3 Å². The van der Waals surface area contributed by atoms with Crippen molar-refractivity contribution in [2.75, 3.05) is 31.1 Å². The topological polar surface area (TPSA) is 67.2 Å². The van der Waals surface area contributed by atoms with Gasteiger partial charge in [0.15, 0.2) is 11.6 Å². The minimum atomic E-state index is 0.116. The van der Waals surface area contributed by atoms with Crippen molar-refractivity contribution in [2.45, 2.75) is 6.92 Å². The number of aryl methyl sites for hydroxylation is 1. The Morgan fingerprint density at radius 3 is 2.40 bits per heavy atom. The van der Waals surface area contributed by atoms with E-state index < -0.39 is 0 Å². The second kappa shape index (κ2) is 6.64. The molecule has 0 aliphatic carbocycles. The van der Waals surface area contributed by atoms with Crippen LogP contribution in [0.15, 0.2) is 41.9 Å². The number of thiophene rings is 1. The van der Waals surface area contributed by atoms with Gasteiger partial charge < -0.3 is 9.80 Å². The molecule has 128 valence electrons. The van der Waals surface area contributed by atoms with Gasteiger partial charge in [-0.15, -0.1) is 21.5 Å². The smallest absolute Gasteiger partial charge is 0.264 e. The minimum Gasteiger partial charge on any atom is -0.352 e. The standard InChI is InChI=1S/C17H18N6OS/c1-13-6-7-23(20-13)16-5-4-15(18-19-16)21-8-10-22(11-9-21)17(24)14-3-2-12-25-14/h2-7,12H,8-11H2,1H3. The van der Waals surface area contributed by atoms with Crippen LogP contribution in [-0.2, 0) is 0 Å². The summed E-state index contributed by atoms with van der Waals surface area (Å²) in [5, 5.41) is 14.9. The number of carbonyl (C=O) groups excluding carboxylic acids is 1. The van der Waals surface area contributed by atoms with Crippen molar-refractivity contribution in [3.8, 4) is 5.82 Å². The zero-order valence-electron chi connectivity index (χ0n) is 13.9. The van der Waals surface area contributed by atoms with Crippen LogP contribution in [0.1, 0.15) is 15.4 Å². The number of piperazine rings is 1. The number of carbonyl (C=O) groups is 1. The molecule has 4 rings (SSSR count). The van der Waals surface area contributed by atoms with Crippen LogP contribution in [0.3, 0.4) is 0 Å². The molecule has 0 bridgehead atoms. The predicted molar refractivity (Wildman–Crippen MR) is 96.3 cm³/mol. The highest BCUT2D eigenvalue weighted by Crippen LogP contribution is 2.17. The van der Waals surface area contributed by atoms with Crippen molar-refractivity contribution < 1.29 is 4.79 Å². The number of anilines is 1. The van der Waals surface area contributed by atoms with Gasteiger partial charge in [0.1, 0.15) is 0 Å². The molecule has 0 aromatic carbocycles. The first-order chi connectivity index (χ1) is 12.2. The van der Waals surface area contributed by atoms with Crippen LogP contribution in [0.4, 0.5) is 5.82 Å². The van der Waals surface area contributed by atoms with Gasteiger partial charge in [0, 0.05) is 32.4 Å². The van der Waals surface area contributed by atoms with Gasteiger partial charge in [0.25, 0.3) is 5.91 Å². The Balaban J connectivity index is 1.40. The average Bonchev–Trinajstić information content (AvgIpc) is 3.33. The van der Waals surface area contributed by atoms with Crippen LogP contribution in [-0.4, -0.2) is 57.0 Å². The summed E-state index contributed by atoms with van der Waals surface area (Å²) in [4.78, 5) is 17.2. The molecule has 7 nitrogen and oxygen atoms in total. The molecule has 0 spiro atoms. The van der Waals surface area contributed by atoms with Crippen molar-refractivity contribution >= 4 is 23.1 Å². The summed E-state index contributed by atoms with van der Waals surface area (Å²) in [5.74, 6) is 1.64. The molecule has 4 heterocycles. The molecule has 0 saturated carbocycles. The Morgan fingerprint density at radius 1 is 1.04 bits per heavy atom. The molecule has 25 heavy (non-hydrogen) atoms. The van der Waals surface area contributed by atoms with Gasteiger partial charge in [-0.3, -0.25) is 4.79 Å². The quantitative estimate of drug-likeness (QED) is 0.720. The minimum absolute atomic E-state index is 0.116. The predicted octanol–water partition coefficient (Wildman–Crippen LogP) is 1.99. The summed E-state index contributed by atoms with van der Waals surface area (Å²) in [6.45, 7) is 4.84. The number of aromatic nitrogens is 4. The van der Waals surface area contributed by atoms with E-state index in [0.29, 0.717) is 18.9 Å². The second-order valence-corrected chi connectivity index (χ2v) is 6.86. The van der Waals surface area contributed by atoms with Crippen LogP contribution in [0, 0.1) is 6.92 Å². The largest absolute Gasteiger partial charge is 0.352 e. The first kappa shape index (κ1) is 15.8. The van der Waals surface area contributed by atoms with Crippen molar-refractivity contribution in [2.24, 2.45) is 0 Å². The van der Waals surface area contributed by atoms with Gasteiger partial charge in [-0.2, -0.15) is 5.10 Å². The molecule has 0 atom stereocenters. The van der Waals surface area contributed by atoms with E-state index in [-0.39, 0.29) is 5.91 Å². The molecule has 1 amide bonds. The van der Waals surface area contributed by atoms with Crippen molar-refractivity contribution in [3.63, 3.8) is 0 Å². The lowest BCUT2D eigenvalue weighted by atomic mass is 10.3. The van der Waals surface area contributed by atoms with E-state index in [1.54, 1.807) is 4.68 Å². The molecule has 1 saturated heterocycles. The summed E-state index contributed by atoms with van der Waals surface area (Å²) < 4.78 is 1.71. The third-order valence-electron chi connectivity index (χ3n) is 4.22. The van der Waals surface area contributed by atoms with E-state index in [0.717, 1.165) is 29.5 Å². The van der Waals surface area contributed by atoms with Gasteiger partial charge in [-0.1, -0.05) is 6.07 Å². The molecule has 1 aliphatic rings. The Bertz CT molecular complexity index is 850. The Labute approximate surface area is 149 Å². The maximum absolute atomic E-state index is 12.4. The fourth-order valence-electron chi connectivity index (χ4n) is 2.85. The molecule has 1 aliphatic heterocycles. The Kier molecular flexibility index (Phi) is 4.19. The highest BCUT2D eigenvalue weighted by molar-refractivity contribution is 7.12. The monoisotopic (exact) mass is 354 g/mol. The lowest BCUT2D eigenvalue weighted by molar-refractivity contribution is 0.0751. The summed E-state index contributed by atoms with van der Waals surface area (Å²) in [6.07, 6.45) is 1.87. The van der Waals surface area contributed by atoms with E-state index >= 15 is 0 Å². The third kappa shape index (κ3) is 3.25. The highest BCUT2D eigenvalue weighted by Gasteiger charge is 2.23. The molecular formula is C17H18N6OS. The summed E-state index contributed by atoms with van der Waals surface area (Å²) in [7, 11) is 0. The van der Waals surface area contributed by atoms with E-state index in [1.807, 2.05) is 53.7 Å². The van der Waals surface area contributed by atoms with Gasteiger partial charge in [0.2, 0.25) is 0 Å². The number of amides is 1. The van der Waals surface area contributed by atoms with Gasteiger partial charge >= 0.3 is 0 Å². The summed E-state index contributed by atoms with van der Waals surface area (Å²) in [6, 6.07) is 9.58. The van der Waals surface area contributed by atoms with Gasteiger partial charge in [0.05, 0.1) is 10.6 Å². The van der Waals surface area contributed by atoms with Crippen LogP contribution < -0.4 is 4.90 Å². The normalized spacial score (nSPS) is 14.8. The molecular weight excluding hydrogens is 336 g/mol. The molecule has 0 unspecified atom stereocenters. The molecule has 3 aromatic heterocycles. The van der Waals surface area contributed by atoms with E-state index in [4.69, 9.17) is 0 Å². The second-order valence-electron chi connectivity index (χ2n) is 5.91. The lowest BCUT2D eigenvalue weighted by Gasteiger charge is -2.35. The van der Waals surface area contributed by atoms with Crippen molar-refractivity contribution in [1.29, 1.82) is 0 Å². The first-order valence-electron chi connectivity index (χ1n) is 8.15. The molecule has 1 fully saturated rings. The molecule has 3 aromatic rings. The number of hydrogen-bond acceptors (Lipinski definition) is 6. The SMILES string of the molecule is Cc1ccn(-c2ccc(N3CCN(C(=O)c4cccs4)CC3)nn2)n1. The number of nitrogens with zero attached hydrogens (tertiary/aromatic N) is 6. The fraction of sp³-hybridized carbons (Fsp3) is 0.294. The molecule has 0 N–H and O–H groups in total. The Hall–Kier alpha value is -2.74. The van der Waals surface area contributed by atoms with Gasteiger partial charge in [-0.25, -0.2) is 4.68 Å². The lowest BCUT2D eigenvalue weighted by Crippen LogP contribution is -2.49. The first-order valence-corrected chi connectivity index (χ1v) is 9.03. The van der Waals surface area contributed by atoms with E-state index in [9.17, 15) is 4.79 Å². The Morgan fingerprint density at radius 2 is 1.80 bits per heavy atom. The maximum atomic E-state index is 12.4. The van der Waals surface area contributed by atoms with Crippen LogP contribution in [0.25, 0.3) is 5.82 Å². The summed E-state index contributed by atoms with van der Waals surface area (Å²) in [5.41, 5.74) is 0.942. The number of hydrogen-bond donors (Lipinski definition) is 0. The molecule has 0 radical (unpaired) electrons. The zero-order chi connectivity index (χ0) is 17.2. The average molecular weight is 354 g/mol.